The van der Waals surface area contributed by atoms with Crippen molar-refractivity contribution < 1.29 is 0 Å². The Kier molecular flexibility index (Phi) is 1.70. The molecule has 1 heteroatoms. The van der Waals surface area contributed by atoms with Gasteiger partial charge in [-0.05, 0) is 28.3 Å². The Labute approximate surface area is 95.9 Å². The van der Waals surface area contributed by atoms with E-state index < -0.39 is 0 Å². The van der Waals surface area contributed by atoms with Gasteiger partial charge in [-0.1, -0.05) is 50.2 Å². The summed E-state index contributed by atoms with van der Waals surface area (Å²) in [5.74, 6) is 0. The SMILES string of the molecule is CC1(C)c2ccccc2-c2cccc([N])c21. The van der Waals surface area contributed by atoms with Crippen LogP contribution in [0.5, 0.6) is 0 Å². The zero-order valence-electron chi connectivity index (χ0n) is 9.49. The molecule has 0 N–H and O–H groups in total. The predicted octanol–water partition coefficient (Wildman–Crippen LogP) is 3.69. The van der Waals surface area contributed by atoms with Crippen molar-refractivity contribution in [3.63, 3.8) is 0 Å². The highest BCUT2D eigenvalue weighted by atomic mass is 14.6. The fourth-order valence-electron chi connectivity index (χ4n) is 2.82. The van der Waals surface area contributed by atoms with Gasteiger partial charge in [0.15, 0.2) is 0 Å². The van der Waals surface area contributed by atoms with Crippen LogP contribution in [0.2, 0.25) is 0 Å². The maximum atomic E-state index is 10.0. The van der Waals surface area contributed by atoms with Crippen molar-refractivity contribution >= 4 is 5.69 Å². The first-order chi connectivity index (χ1) is 7.62. The van der Waals surface area contributed by atoms with Gasteiger partial charge in [0.1, 0.15) is 0 Å². The summed E-state index contributed by atoms with van der Waals surface area (Å²) >= 11 is 0. The van der Waals surface area contributed by atoms with Gasteiger partial charge in [0.25, 0.3) is 0 Å². The lowest BCUT2D eigenvalue weighted by atomic mass is 9.82. The Morgan fingerprint density at radius 3 is 2.38 bits per heavy atom. The average Bonchev–Trinajstić information content (AvgIpc) is 2.50. The second kappa shape index (κ2) is 2.88. The molecule has 16 heavy (non-hydrogen) atoms. The zero-order valence-corrected chi connectivity index (χ0v) is 9.49. The van der Waals surface area contributed by atoms with Gasteiger partial charge >= 0.3 is 0 Å². The Bertz CT molecular complexity index is 567. The molecule has 1 nitrogen and oxygen atoms in total. The molecule has 2 aromatic carbocycles. The van der Waals surface area contributed by atoms with Crippen molar-refractivity contribution in [2.24, 2.45) is 0 Å². The van der Waals surface area contributed by atoms with Crippen LogP contribution in [0.25, 0.3) is 11.1 Å². The molecule has 0 amide bonds. The average molecular weight is 207 g/mol. The highest BCUT2D eigenvalue weighted by Gasteiger charge is 2.36. The van der Waals surface area contributed by atoms with E-state index in [0.29, 0.717) is 5.69 Å². The molecule has 3 rings (SSSR count). The van der Waals surface area contributed by atoms with Crippen LogP contribution < -0.4 is 5.73 Å². The molecule has 0 aromatic heterocycles. The number of fused-ring (bicyclic) bond motifs is 3. The fraction of sp³-hybridized carbons (Fsp3) is 0.200. The van der Waals surface area contributed by atoms with Crippen LogP contribution in [0.3, 0.4) is 0 Å². The summed E-state index contributed by atoms with van der Waals surface area (Å²) in [4.78, 5) is 0. The van der Waals surface area contributed by atoms with Crippen LogP contribution in [0, 0.1) is 0 Å². The van der Waals surface area contributed by atoms with Crippen molar-refractivity contribution in [2.75, 3.05) is 0 Å². The van der Waals surface area contributed by atoms with Crippen LogP contribution in [0.4, 0.5) is 5.69 Å². The number of hydrogen-bond acceptors (Lipinski definition) is 0. The van der Waals surface area contributed by atoms with Gasteiger partial charge in [-0.2, -0.15) is 5.73 Å². The van der Waals surface area contributed by atoms with Crippen molar-refractivity contribution in [1.29, 1.82) is 0 Å². The Morgan fingerprint density at radius 1 is 0.875 bits per heavy atom. The van der Waals surface area contributed by atoms with Gasteiger partial charge in [-0.25, -0.2) is 0 Å². The third-order valence-electron chi connectivity index (χ3n) is 3.56. The molecule has 0 saturated heterocycles. The van der Waals surface area contributed by atoms with Crippen molar-refractivity contribution in [3.8, 4) is 11.1 Å². The van der Waals surface area contributed by atoms with E-state index >= 15 is 0 Å². The lowest BCUT2D eigenvalue weighted by molar-refractivity contribution is 0.661. The van der Waals surface area contributed by atoms with E-state index in [9.17, 15) is 5.73 Å². The Morgan fingerprint density at radius 2 is 1.56 bits per heavy atom. The molecule has 78 valence electrons. The number of hydrogen-bond donors (Lipinski definition) is 0. The van der Waals surface area contributed by atoms with Crippen molar-refractivity contribution in [1.82, 2.24) is 5.73 Å². The maximum Gasteiger partial charge on any atom is 0.0904 e. The first-order valence-electron chi connectivity index (χ1n) is 5.54. The second-order valence-electron chi connectivity index (χ2n) is 4.87. The molecule has 2 radical (unpaired) electrons. The summed E-state index contributed by atoms with van der Waals surface area (Å²) in [6, 6.07) is 14.1. The molecule has 0 unspecified atom stereocenters. The van der Waals surface area contributed by atoms with Crippen molar-refractivity contribution in [2.45, 2.75) is 19.3 Å². The number of rotatable bonds is 0. The largest absolute Gasteiger partial charge is 0.150 e. The minimum absolute atomic E-state index is 0.0999. The van der Waals surface area contributed by atoms with Crippen LogP contribution >= 0.6 is 0 Å². The third kappa shape index (κ3) is 1.00. The molecule has 0 bridgehead atoms. The number of nitrogens with zero attached hydrogens (tertiary/aromatic N) is 1. The molecule has 0 heterocycles. The molecular formula is C15H13N. The topological polar surface area (TPSA) is 22.3 Å². The molecule has 0 atom stereocenters. The molecule has 1 aliphatic rings. The molecule has 0 saturated carbocycles. The summed E-state index contributed by atoms with van der Waals surface area (Å²) in [5, 5.41) is 0. The van der Waals surface area contributed by atoms with E-state index in [1.165, 1.54) is 16.7 Å². The van der Waals surface area contributed by atoms with Crippen molar-refractivity contribution in [3.05, 3.63) is 53.6 Å². The summed E-state index contributed by atoms with van der Waals surface area (Å²) in [6.45, 7) is 4.33. The van der Waals surface area contributed by atoms with Crippen LogP contribution in [-0.4, -0.2) is 0 Å². The summed E-state index contributed by atoms with van der Waals surface area (Å²) in [6.07, 6.45) is 0. The smallest absolute Gasteiger partial charge is 0.0904 e. The van der Waals surface area contributed by atoms with E-state index in [0.717, 1.165) is 5.56 Å². The van der Waals surface area contributed by atoms with E-state index in [-0.39, 0.29) is 5.41 Å². The van der Waals surface area contributed by atoms with E-state index in [1.807, 2.05) is 12.1 Å². The van der Waals surface area contributed by atoms with Crippen LogP contribution in [0.15, 0.2) is 42.5 Å². The lowest BCUT2D eigenvalue weighted by Crippen LogP contribution is -2.15. The first kappa shape index (κ1) is 9.46. The van der Waals surface area contributed by atoms with Gasteiger partial charge in [0.05, 0.1) is 5.69 Å². The fourth-order valence-corrected chi connectivity index (χ4v) is 2.82. The van der Waals surface area contributed by atoms with Gasteiger partial charge in [-0.3, -0.25) is 0 Å². The van der Waals surface area contributed by atoms with E-state index in [2.05, 4.69) is 38.1 Å². The van der Waals surface area contributed by atoms with Gasteiger partial charge < -0.3 is 0 Å². The Balaban J connectivity index is 2.44. The maximum absolute atomic E-state index is 10.0. The van der Waals surface area contributed by atoms with Crippen LogP contribution in [-0.2, 0) is 5.41 Å². The van der Waals surface area contributed by atoms with Gasteiger partial charge in [-0.15, -0.1) is 0 Å². The third-order valence-corrected chi connectivity index (χ3v) is 3.56. The zero-order chi connectivity index (χ0) is 11.3. The minimum Gasteiger partial charge on any atom is -0.150 e. The Hall–Kier alpha value is -1.76. The van der Waals surface area contributed by atoms with Gasteiger partial charge in [0, 0.05) is 5.41 Å². The summed E-state index contributed by atoms with van der Waals surface area (Å²) in [7, 11) is 0. The minimum atomic E-state index is -0.0999. The summed E-state index contributed by atoms with van der Waals surface area (Å²) in [5.41, 5.74) is 15.1. The molecule has 0 aliphatic heterocycles. The highest BCUT2D eigenvalue weighted by Crippen LogP contribution is 2.50. The standard InChI is InChI=1S/C15H13N/c1-15(2)12-8-4-3-6-10(12)11-7-5-9-13(16)14(11)15/h3-9H,1-2H3. The molecular weight excluding hydrogens is 194 g/mol. The second-order valence-corrected chi connectivity index (χ2v) is 4.87. The normalized spacial score (nSPS) is 15.6. The van der Waals surface area contributed by atoms with E-state index in [4.69, 9.17) is 0 Å². The van der Waals surface area contributed by atoms with Gasteiger partial charge in [0.2, 0.25) is 0 Å². The summed E-state index contributed by atoms with van der Waals surface area (Å²) < 4.78 is 0. The molecule has 0 spiro atoms. The first-order valence-corrected chi connectivity index (χ1v) is 5.54. The molecule has 1 aliphatic carbocycles. The number of benzene rings is 2. The van der Waals surface area contributed by atoms with Crippen LogP contribution in [0.1, 0.15) is 25.0 Å². The monoisotopic (exact) mass is 207 g/mol. The lowest BCUT2D eigenvalue weighted by Gasteiger charge is -2.21. The predicted molar refractivity (Wildman–Crippen MR) is 65.8 cm³/mol. The highest BCUT2D eigenvalue weighted by molar-refractivity contribution is 5.84. The quantitative estimate of drug-likeness (QED) is 0.628. The molecule has 2 aromatic rings. The van der Waals surface area contributed by atoms with E-state index in [1.54, 1.807) is 6.07 Å². The molecule has 0 fully saturated rings.